The Kier molecular flexibility index (Phi) is 11.8. The molecule has 0 radical (unpaired) electrons. The van der Waals surface area contributed by atoms with Crippen molar-refractivity contribution in [2.75, 3.05) is 13.2 Å². The van der Waals surface area contributed by atoms with E-state index in [1.165, 1.54) is 0 Å². The number of ether oxygens (including phenoxy) is 2. The van der Waals surface area contributed by atoms with Gasteiger partial charge in [-0.3, -0.25) is 0 Å². The van der Waals surface area contributed by atoms with Crippen LogP contribution in [0.5, 0.6) is 0 Å². The second-order valence-corrected chi connectivity index (χ2v) is 3.46. The minimum absolute atomic E-state index is 0.359. The van der Waals surface area contributed by atoms with Crippen molar-refractivity contribution in [1.82, 2.24) is 0 Å². The molecule has 0 aliphatic carbocycles. The van der Waals surface area contributed by atoms with Gasteiger partial charge >= 0.3 is 0 Å². The summed E-state index contributed by atoms with van der Waals surface area (Å²) in [7, 11) is 0. The first kappa shape index (κ1) is 15.3. The first-order chi connectivity index (χ1) is 7.85. The SMILES string of the molecule is CC=NN=CC(OCCCC)OCCCC. The van der Waals surface area contributed by atoms with Crippen LogP contribution in [0, 0.1) is 0 Å². The fourth-order valence-corrected chi connectivity index (χ4v) is 0.981. The Morgan fingerprint density at radius 2 is 1.56 bits per heavy atom. The van der Waals surface area contributed by atoms with E-state index in [0.29, 0.717) is 13.2 Å². The number of hydrogen-bond acceptors (Lipinski definition) is 4. The van der Waals surface area contributed by atoms with Crippen LogP contribution in [0.2, 0.25) is 0 Å². The Morgan fingerprint density at radius 1 is 1.00 bits per heavy atom. The lowest BCUT2D eigenvalue weighted by Gasteiger charge is -2.13. The van der Waals surface area contributed by atoms with Gasteiger partial charge in [-0.1, -0.05) is 26.7 Å². The van der Waals surface area contributed by atoms with Gasteiger partial charge in [-0.15, -0.1) is 0 Å². The molecule has 0 aromatic carbocycles. The maximum absolute atomic E-state index is 5.53. The summed E-state index contributed by atoms with van der Waals surface area (Å²) in [5.41, 5.74) is 0. The van der Waals surface area contributed by atoms with Crippen LogP contribution >= 0.6 is 0 Å². The molecule has 0 spiro atoms. The average Bonchev–Trinajstić information content (AvgIpc) is 2.29. The van der Waals surface area contributed by atoms with Gasteiger partial charge in [0, 0.05) is 6.21 Å². The van der Waals surface area contributed by atoms with Crippen molar-refractivity contribution in [2.45, 2.75) is 52.7 Å². The molecular weight excluding hydrogens is 204 g/mol. The predicted molar refractivity (Wildman–Crippen MR) is 68.2 cm³/mol. The molecule has 16 heavy (non-hydrogen) atoms. The van der Waals surface area contributed by atoms with Crippen LogP contribution in [-0.2, 0) is 9.47 Å². The third-order valence-corrected chi connectivity index (χ3v) is 1.93. The molecule has 0 aromatic heterocycles. The van der Waals surface area contributed by atoms with E-state index >= 15 is 0 Å². The van der Waals surface area contributed by atoms with Gasteiger partial charge in [-0.05, 0) is 19.8 Å². The number of hydrogen-bond donors (Lipinski definition) is 0. The molecule has 0 unspecified atom stereocenters. The molecule has 0 atom stereocenters. The van der Waals surface area contributed by atoms with E-state index in [-0.39, 0.29) is 6.29 Å². The van der Waals surface area contributed by atoms with Crippen molar-refractivity contribution in [2.24, 2.45) is 10.2 Å². The van der Waals surface area contributed by atoms with Gasteiger partial charge in [0.1, 0.15) is 0 Å². The molecule has 0 aliphatic rings. The van der Waals surface area contributed by atoms with Crippen LogP contribution in [0.3, 0.4) is 0 Å². The molecule has 0 amide bonds. The summed E-state index contributed by atoms with van der Waals surface area (Å²) in [6.45, 7) is 7.49. The highest BCUT2D eigenvalue weighted by molar-refractivity contribution is 5.62. The first-order valence-corrected chi connectivity index (χ1v) is 6.09. The highest BCUT2D eigenvalue weighted by Crippen LogP contribution is 1.98. The lowest BCUT2D eigenvalue weighted by Crippen LogP contribution is -2.20. The van der Waals surface area contributed by atoms with Gasteiger partial charge in [0.25, 0.3) is 0 Å². The Bertz CT molecular complexity index is 183. The third-order valence-electron chi connectivity index (χ3n) is 1.93. The van der Waals surface area contributed by atoms with Gasteiger partial charge in [0.05, 0.1) is 19.4 Å². The van der Waals surface area contributed by atoms with E-state index in [2.05, 4.69) is 24.1 Å². The quantitative estimate of drug-likeness (QED) is 0.250. The molecule has 0 saturated carbocycles. The maximum Gasteiger partial charge on any atom is 0.195 e. The summed E-state index contributed by atoms with van der Waals surface area (Å²) in [6, 6.07) is 0. The zero-order valence-corrected chi connectivity index (χ0v) is 10.7. The molecule has 0 saturated heterocycles. The average molecular weight is 228 g/mol. The lowest BCUT2D eigenvalue weighted by atomic mass is 10.3. The monoisotopic (exact) mass is 228 g/mol. The van der Waals surface area contributed by atoms with Gasteiger partial charge in [0.2, 0.25) is 0 Å². The molecule has 4 nitrogen and oxygen atoms in total. The second kappa shape index (κ2) is 12.3. The fraction of sp³-hybridized carbons (Fsp3) is 0.833. The van der Waals surface area contributed by atoms with Crippen molar-refractivity contribution in [1.29, 1.82) is 0 Å². The van der Waals surface area contributed by atoms with E-state index in [9.17, 15) is 0 Å². The smallest absolute Gasteiger partial charge is 0.195 e. The summed E-state index contributed by atoms with van der Waals surface area (Å²) in [5.74, 6) is 0. The normalized spacial score (nSPS) is 12.2. The molecular formula is C12H24N2O2. The van der Waals surface area contributed by atoms with Crippen LogP contribution in [0.15, 0.2) is 10.2 Å². The summed E-state index contributed by atoms with van der Waals surface area (Å²) >= 11 is 0. The summed E-state index contributed by atoms with van der Waals surface area (Å²) in [6.07, 6.45) is 7.19. The van der Waals surface area contributed by atoms with Crippen LogP contribution < -0.4 is 0 Å². The van der Waals surface area contributed by atoms with Crippen LogP contribution in [0.25, 0.3) is 0 Å². The van der Waals surface area contributed by atoms with Crippen molar-refractivity contribution >= 4 is 12.4 Å². The van der Waals surface area contributed by atoms with E-state index in [4.69, 9.17) is 9.47 Å². The van der Waals surface area contributed by atoms with E-state index < -0.39 is 0 Å². The Balaban J connectivity index is 3.84. The van der Waals surface area contributed by atoms with Gasteiger partial charge in [-0.2, -0.15) is 10.2 Å². The highest BCUT2D eigenvalue weighted by Gasteiger charge is 2.05. The van der Waals surface area contributed by atoms with Crippen molar-refractivity contribution in [3.8, 4) is 0 Å². The molecule has 0 heterocycles. The molecule has 4 heteroatoms. The molecule has 0 fully saturated rings. The van der Waals surface area contributed by atoms with Crippen LogP contribution in [0.4, 0.5) is 0 Å². The Hall–Kier alpha value is -0.740. The van der Waals surface area contributed by atoms with Gasteiger partial charge in [0.15, 0.2) is 6.29 Å². The number of rotatable bonds is 10. The topological polar surface area (TPSA) is 43.2 Å². The summed E-state index contributed by atoms with van der Waals surface area (Å²) in [4.78, 5) is 0. The highest BCUT2D eigenvalue weighted by atomic mass is 16.7. The predicted octanol–water partition coefficient (Wildman–Crippen LogP) is 3.02. The minimum atomic E-state index is -0.359. The van der Waals surface area contributed by atoms with Gasteiger partial charge < -0.3 is 9.47 Å². The van der Waals surface area contributed by atoms with Crippen molar-refractivity contribution in [3.63, 3.8) is 0 Å². The molecule has 0 bridgehead atoms. The Morgan fingerprint density at radius 3 is 2.00 bits per heavy atom. The molecule has 0 N–H and O–H groups in total. The first-order valence-electron chi connectivity index (χ1n) is 6.09. The van der Waals surface area contributed by atoms with E-state index in [0.717, 1.165) is 25.7 Å². The number of unbranched alkanes of at least 4 members (excludes halogenated alkanes) is 2. The van der Waals surface area contributed by atoms with E-state index in [1.54, 1.807) is 12.4 Å². The van der Waals surface area contributed by atoms with E-state index in [1.807, 2.05) is 6.92 Å². The van der Waals surface area contributed by atoms with Crippen molar-refractivity contribution in [3.05, 3.63) is 0 Å². The largest absolute Gasteiger partial charge is 0.347 e. The molecule has 0 aromatic rings. The summed E-state index contributed by atoms with van der Waals surface area (Å²) < 4.78 is 11.1. The van der Waals surface area contributed by atoms with Gasteiger partial charge in [-0.25, -0.2) is 0 Å². The maximum atomic E-state index is 5.53. The van der Waals surface area contributed by atoms with Crippen LogP contribution in [0.1, 0.15) is 46.5 Å². The standard InChI is InChI=1S/C12H24N2O2/c1-4-7-9-15-12(11-14-13-6-3)16-10-8-5-2/h6,11-12H,4-5,7-10H2,1-3H3. The fourth-order valence-electron chi connectivity index (χ4n) is 0.981. The zero-order valence-electron chi connectivity index (χ0n) is 10.7. The van der Waals surface area contributed by atoms with Crippen molar-refractivity contribution < 1.29 is 9.47 Å². The Labute approximate surface area is 98.7 Å². The van der Waals surface area contributed by atoms with Crippen LogP contribution in [-0.4, -0.2) is 31.9 Å². The lowest BCUT2D eigenvalue weighted by molar-refractivity contribution is -0.0960. The minimum Gasteiger partial charge on any atom is -0.347 e. The molecule has 0 rings (SSSR count). The number of nitrogens with zero attached hydrogens (tertiary/aromatic N) is 2. The molecule has 94 valence electrons. The second-order valence-electron chi connectivity index (χ2n) is 3.46. The molecule has 0 aliphatic heterocycles. The third kappa shape index (κ3) is 9.80. The summed E-state index contributed by atoms with van der Waals surface area (Å²) in [5, 5.41) is 7.59. The zero-order chi connectivity index (χ0) is 12.1.